The highest BCUT2D eigenvalue weighted by Crippen LogP contribution is 2.38. The molecular formula is C14H17BClNO2S. The van der Waals surface area contributed by atoms with E-state index in [0.717, 1.165) is 20.7 Å². The Labute approximate surface area is 128 Å². The minimum Gasteiger partial charge on any atom is -0.399 e. The van der Waals surface area contributed by atoms with Gasteiger partial charge in [0.15, 0.2) is 0 Å². The van der Waals surface area contributed by atoms with Gasteiger partial charge in [-0.25, -0.2) is 4.98 Å². The molecule has 20 heavy (non-hydrogen) atoms. The van der Waals surface area contributed by atoms with E-state index in [9.17, 15) is 0 Å². The zero-order valence-electron chi connectivity index (χ0n) is 12.3. The first kappa shape index (κ1) is 14.3. The van der Waals surface area contributed by atoms with Crippen molar-refractivity contribution in [2.75, 3.05) is 0 Å². The summed E-state index contributed by atoms with van der Waals surface area (Å²) in [6, 6.07) is 3.93. The van der Waals surface area contributed by atoms with E-state index in [1.54, 1.807) is 11.3 Å². The van der Waals surface area contributed by atoms with E-state index in [0.29, 0.717) is 5.02 Å². The Bertz CT molecular complexity index is 667. The molecule has 6 heteroatoms. The number of hydrogen-bond acceptors (Lipinski definition) is 4. The standard InChI is InChI=1S/C14H17BClNO2S/c1-8-17-10-7-6-9(11(16)12(10)20-8)15-18-13(2,3)14(4,5)19-15/h6-7H,1-5H3. The number of halogens is 1. The van der Waals surface area contributed by atoms with Crippen molar-refractivity contribution in [1.29, 1.82) is 0 Å². The molecule has 1 aliphatic heterocycles. The normalized spacial score (nSPS) is 20.8. The third-order valence-corrected chi connectivity index (χ3v) is 5.66. The maximum atomic E-state index is 6.53. The molecule has 0 N–H and O–H groups in total. The first-order valence-electron chi connectivity index (χ1n) is 6.62. The molecule has 0 aliphatic carbocycles. The van der Waals surface area contributed by atoms with Crippen LogP contribution in [0.5, 0.6) is 0 Å². The predicted molar refractivity (Wildman–Crippen MR) is 85.1 cm³/mol. The molecule has 0 saturated carbocycles. The number of hydrogen-bond donors (Lipinski definition) is 0. The lowest BCUT2D eigenvalue weighted by Gasteiger charge is -2.32. The summed E-state index contributed by atoms with van der Waals surface area (Å²) in [5.74, 6) is 0. The summed E-state index contributed by atoms with van der Waals surface area (Å²) >= 11 is 8.13. The van der Waals surface area contributed by atoms with Crippen molar-refractivity contribution < 1.29 is 9.31 Å². The second kappa shape index (κ2) is 4.44. The second-order valence-electron chi connectivity index (χ2n) is 6.14. The van der Waals surface area contributed by atoms with E-state index in [4.69, 9.17) is 20.9 Å². The molecular weight excluding hydrogens is 292 g/mol. The lowest BCUT2D eigenvalue weighted by Crippen LogP contribution is -2.41. The van der Waals surface area contributed by atoms with Crippen molar-refractivity contribution in [2.45, 2.75) is 45.8 Å². The van der Waals surface area contributed by atoms with Gasteiger partial charge in [0.2, 0.25) is 0 Å². The van der Waals surface area contributed by atoms with E-state index in [-0.39, 0.29) is 11.2 Å². The maximum absolute atomic E-state index is 6.53. The maximum Gasteiger partial charge on any atom is 0.496 e. The fraction of sp³-hybridized carbons (Fsp3) is 0.500. The summed E-state index contributed by atoms with van der Waals surface area (Å²) in [5, 5.41) is 1.69. The van der Waals surface area contributed by atoms with Crippen molar-refractivity contribution in [1.82, 2.24) is 4.98 Å². The smallest absolute Gasteiger partial charge is 0.399 e. The molecule has 0 amide bonds. The van der Waals surface area contributed by atoms with Crippen LogP contribution in [0, 0.1) is 6.92 Å². The largest absolute Gasteiger partial charge is 0.496 e. The number of aryl methyl sites for hydroxylation is 1. The topological polar surface area (TPSA) is 31.4 Å². The summed E-state index contributed by atoms with van der Waals surface area (Å²) in [6.07, 6.45) is 0. The highest BCUT2D eigenvalue weighted by Gasteiger charge is 2.52. The highest BCUT2D eigenvalue weighted by atomic mass is 35.5. The Kier molecular flexibility index (Phi) is 3.18. The van der Waals surface area contributed by atoms with Crippen molar-refractivity contribution in [3.63, 3.8) is 0 Å². The van der Waals surface area contributed by atoms with E-state index < -0.39 is 7.12 Å². The van der Waals surface area contributed by atoms with Gasteiger partial charge in [0.05, 0.1) is 31.4 Å². The van der Waals surface area contributed by atoms with Crippen LogP contribution in [-0.2, 0) is 9.31 Å². The Morgan fingerprint density at radius 2 is 1.75 bits per heavy atom. The average Bonchev–Trinajstić information content (AvgIpc) is 2.78. The van der Waals surface area contributed by atoms with Gasteiger partial charge in [-0.05, 0) is 40.7 Å². The predicted octanol–water partition coefficient (Wildman–Crippen LogP) is 3.56. The zero-order chi connectivity index (χ0) is 14.7. The molecule has 0 unspecified atom stereocenters. The Morgan fingerprint density at radius 1 is 1.15 bits per heavy atom. The van der Waals surface area contributed by atoms with Gasteiger partial charge in [-0.2, -0.15) is 0 Å². The molecule has 0 atom stereocenters. The molecule has 3 nitrogen and oxygen atoms in total. The fourth-order valence-electron chi connectivity index (χ4n) is 2.24. The van der Waals surface area contributed by atoms with Crippen LogP contribution in [-0.4, -0.2) is 23.3 Å². The number of aromatic nitrogens is 1. The number of nitrogens with zero attached hydrogens (tertiary/aromatic N) is 1. The zero-order valence-corrected chi connectivity index (χ0v) is 13.9. The summed E-state index contributed by atoms with van der Waals surface area (Å²) in [5.41, 5.74) is 1.08. The number of rotatable bonds is 1. The molecule has 1 fully saturated rings. The Morgan fingerprint density at radius 3 is 2.35 bits per heavy atom. The van der Waals surface area contributed by atoms with Crippen LogP contribution in [0.1, 0.15) is 32.7 Å². The minimum absolute atomic E-state index is 0.362. The third-order valence-electron chi connectivity index (χ3n) is 4.14. The third kappa shape index (κ3) is 2.08. The summed E-state index contributed by atoms with van der Waals surface area (Å²) < 4.78 is 13.1. The first-order valence-corrected chi connectivity index (χ1v) is 7.82. The van der Waals surface area contributed by atoms with Gasteiger partial charge < -0.3 is 9.31 Å². The van der Waals surface area contributed by atoms with Crippen LogP contribution in [0.15, 0.2) is 12.1 Å². The highest BCUT2D eigenvalue weighted by molar-refractivity contribution is 7.19. The van der Waals surface area contributed by atoms with Gasteiger partial charge in [0.25, 0.3) is 0 Å². The van der Waals surface area contributed by atoms with Crippen LogP contribution >= 0.6 is 22.9 Å². The fourth-order valence-corrected chi connectivity index (χ4v) is 3.47. The van der Waals surface area contributed by atoms with Crippen LogP contribution in [0.25, 0.3) is 10.2 Å². The van der Waals surface area contributed by atoms with E-state index in [1.807, 2.05) is 46.8 Å². The monoisotopic (exact) mass is 309 g/mol. The van der Waals surface area contributed by atoms with Crippen molar-refractivity contribution in [3.8, 4) is 0 Å². The van der Waals surface area contributed by atoms with Crippen molar-refractivity contribution in [3.05, 3.63) is 22.2 Å². The van der Waals surface area contributed by atoms with E-state index in [2.05, 4.69) is 4.98 Å². The van der Waals surface area contributed by atoms with Crippen LogP contribution in [0.2, 0.25) is 5.02 Å². The summed E-state index contributed by atoms with van der Waals surface area (Å²) in [4.78, 5) is 4.45. The molecule has 1 aromatic carbocycles. The van der Waals surface area contributed by atoms with Gasteiger partial charge in [-0.1, -0.05) is 17.7 Å². The molecule has 1 saturated heterocycles. The SMILES string of the molecule is Cc1nc2ccc(B3OC(C)(C)C(C)(C)O3)c(Cl)c2s1. The van der Waals surface area contributed by atoms with Gasteiger partial charge >= 0.3 is 7.12 Å². The Hall–Kier alpha value is -0.615. The van der Waals surface area contributed by atoms with Gasteiger partial charge in [0, 0.05) is 5.46 Å². The van der Waals surface area contributed by atoms with Gasteiger partial charge in [-0.15, -0.1) is 11.3 Å². The second-order valence-corrected chi connectivity index (χ2v) is 7.72. The lowest BCUT2D eigenvalue weighted by atomic mass is 9.79. The van der Waals surface area contributed by atoms with Crippen LogP contribution in [0.4, 0.5) is 0 Å². The molecule has 2 aromatic rings. The van der Waals surface area contributed by atoms with Crippen LogP contribution < -0.4 is 5.46 Å². The minimum atomic E-state index is -0.431. The lowest BCUT2D eigenvalue weighted by molar-refractivity contribution is 0.00578. The molecule has 1 aromatic heterocycles. The van der Waals surface area contributed by atoms with Crippen molar-refractivity contribution in [2.24, 2.45) is 0 Å². The molecule has 106 valence electrons. The molecule has 1 aliphatic rings. The molecule has 3 rings (SSSR count). The number of thiazole rings is 1. The van der Waals surface area contributed by atoms with Gasteiger partial charge in [-0.3, -0.25) is 0 Å². The number of benzene rings is 1. The average molecular weight is 310 g/mol. The summed E-state index contributed by atoms with van der Waals surface area (Å²) in [7, 11) is -0.431. The van der Waals surface area contributed by atoms with Gasteiger partial charge in [0.1, 0.15) is 0 Å². The number of fused-ring (bicyclic) bond motifs is 1. The quantitative estimate of drug-likeness (QED) is 0.755. The molecule has 0 spiro atoms. The molecule has 2 heterocycles. The summed E-state index contributed by atoms with van der Waals surface area (Å²) in [6.45, 7) is 10.1. The molecule has 0 bridgehead atoms. The van der Waals surface area contributed by atoms with E-state index in [1.165, 1.54) is 0 Å². The van der Waals surface area contributed by atoms with Crippen LogP contribution in [0.3, 0.4) is 0 Å². The van der Waals surface area contributed by atoms with E-state index >= 15 is 0 Å². The molecule has 0 radical (unpaired) electrons. The van der Waals surface area contributed by atoms with Crippen molar-refractivity contribution >= 4 is 45.7 Å². The Balaban J connectivity index is 2.06. The first-order chi connectivity index (χ1) is 9.21.